The first-order valence-corrected chi connectivity index (χ1v) is 14.3. The fraction of sp³-hybridized carbons (Fsp3) is 0.533. The number of amides is 1. The number of pyridine rings is 1. The Bertz CT molecular complexity index is 1320. The average molecular weight is 533 g/mol. The van der Waals surface area contributed by atoms with Crippen LogP contribution in [-0.4, -0.2) is 68.9 Å². The van der Waals surface area contributed by atoms with Crippen LogP contribution in [-0.2, 0) is 24.2 Å². The zero-order chi connectivity index (χ0) is 27.4. The Labute approximate surface area is 230 Å². The first kappa shape index (κ1) is 27.1. The van der Waals surface area contributed by atoms with E-state index < -0.39 is 12.0 Å². The van der Waals surface area contributed by atoms with Crippen LogP contribution in [0.1, 0.15) is 61.1 Å². The first-order valence-electron chi connectivity index (χ1n) is 14.3. The van der Waals surface area contributed by atoms with E-state index in [0.29, 0.717) is 30.4 Å². The maximum atomic E-state index is 13.1. The number of carbonyl (C=O) groups excluding carboxylic acids is 1. The number of aromatic nitrogens is 3. The maximum absolute atomic E-state index is 13.1. The summed E-state index contributed by atoms with van der Waals surface area (Å²) in [7, 11) is 0. The van der Waals surface area contributed by atoms with Crippen LogP contribution in [0.15, 0.2) is 36.5 Å². The van der Waals surface area contributed by atoms with Crippen LogP contribution >= 0.6 is 0 Å². The third kappa shape index (κ3) is 6.76. The molecule has 1 unspecified atom stereocenters. The lowest BCUT2D eigenvalue weighted by Gasteiger charge is -2.20. The summed E-state index contributed by atoms with van der Waals surface area (Å²) >= 11 is 0. The van der Waals surface area contributed by atoms with E-state index in [0.717, 1.165) is 74.3 Å². The lowest BCUT2D eigenvalue weighted by molar-refractivity contribution is -0.139. The summed E-state index contributed by atoms with van der Waals surface area (Å²) in [6, 6.07) is 8.83. The zero-order valence-corrected chi connectivity index (χ0v) is 23.0. The fourth-order valence-corrected chi connectivity index (χ4v) is 5.77. The van der Waals surface area contributed by atoms with Crippen molar-refractivity contribution >= 4 is 28.6 Å². The van der Waals surface area contributed by atoms with Gasteiger partial charge in [0.15, 0.2) is 0 Å². The van der Waals surface area contributed by atoms with E-state index in [1.54, 1.807) is 12.1 Å². The predicted molar refractivity (Wildman–Crippen MR) is 152 cm³/mol. The standard InChI is InChI=1S/C30H40N6O3/c1-20(2)17-36-19-25-24(6-3-7-26(25)34-36)29(37)33-27(30(38)39)13-16-35-15-12-21(18-35)8-10-23-11-9-22-5-4-14-31-28(22)32-23/h3,6-7,9,11,19-21,27H,4-5,8,10,12-18H2,1-2H3,(H,31,32)(H,33,37)(H,38,39)/t21-,27?/m1/s1. The predicted octanol–water partition coefficient (Wildman–Crippen LogP) is 3.97. The number of carboxylic acid groups (broad SMARTS) is 1. The molecule has 3 aromatic rings. The molecule has 0 saturated carbocycles. The van der Waals surface area contributed by atoms with Gasteiger partial charge in [0, 0.05) is 43.5 Å². The molecule has 1 saturated heterocycles. The number of benzene rings is 1. The summed E-state index contributed by atoms with van der Waals surface area (Å²) in [5, 5.41) is 21.3. The number of rotatable bonds is 11. The number of carboxylic acids is 1. The molecule has 2 aliphatic heterocycles. The Morgan fingerprint density at radius 2 is 2.10 bits per heavy atom. The molecule has 5 rings (SSSR count). The quantitative estimate of drug-likeness (QED) is 0.343. The minimum atomic E-state index is -1.01. The number of hydrogen-bond acceptors (Lipinski definition) is 6. The van der Waals surface area contributed by atoms with Gasteiger partial charge in [-0.05, 0) is 80.7 Å². The number of anilines is 1. The van der Waals surface area contributed by atoms with Crippen LogP contribution in [0, 0.1) is 11.8 Å². The Balaban J connectivity index is 1.12. The number of likely N-dealkylation sites (tertiary alicyclic amines) is 1. The molecular weight excluding hydrogens is 492 g/mol. The Kier molecular flexibility index (Phi) is 8.45. The van der Waals surface area contributed by atoms with Gasteiger partial charge < -0.3 is 20.6 Å². The highest BCUT2D eigenvalue weighted by Crippen LogP contribution is 2.24. The smallest absolute Gasteiger partial charge is 0.326 e. The van der Waals surface area contributed by atoms with E-state index in [2.05, 4.69) is 46.6 Å². The lowest BCUT2D eigenvalue weighted by atomic mass is 10.00. The Morgan fingerprint density at radius 1 is 1.23 bits per heavy atom. The molecule has 2 aromatic heterocycles. The van der Waals surface area contributed by atoms with Crippen LogP contribution in [0.25, 0.3) is 10.9 Å². The number of aliphatic carboxylic acids is 1. The van der Waals surface area contributed by atoms with Crippen molar-refractivity contribution in [2.75, 3.05) is 31.5 Å². The van der Waals surface area contributed by atoms with Crippen LogP contribution in [0.3, 0.4) is 0 Å². The number of fused-ring (bicyclic) bond motifs is 2. The highest BCUT2D eigenvalue weighted by molar-refractivity contribution is 6.07. The van der Waals surface area contributed by atoms with E-state index >= 15 is 0 Å². The van der Waals surface area contributed by atoms with Gasteiger partial charge in [-0.1, -0.05) is 26.0 Å². The van der Waals surface area contributed by atoms with E-state index in [4.69, 9.17) is 4.98 Å². The first-order chi connectivity index (χ1) is 18.9. The minimum Gasteiger partial charge on any atom is -0.480 e. The maximum Gasteiger partial charge on any atom is 0.326 e. The van der Waals surface area contributed by atoms with Gasteiger partial charge in [0.2, 0.25) is 0 Å². The second-order valence-electron chi connectivity index (χ2n) is 11.5. The molecule has 2 aliphatic rings. The molecule has 0 radical (unpaired) electrons. The molecule has 4 heterocycles. The summed E-state index contributed by atoms with van der Waals surface area (Å²) in [6.45, 7) is 8.54. The number of hydrogen-bond donors (Lipinski definition) is 3. The average Bonchev–Trinajstić information content (AvgIpc) is 3.55. The number of carbonyl (C=O) groups is 2. The molecule has 1 aromatic carbocycles. The fourth-order valence-electron chi connectivity index (χ4n) is 5.77. The molecule has 9 nitrogen and oxygen atoms in total. The van der Waals surface area contributed by atoms with Gasteiger partial charge in [-0.3, -0.25) is 9.48 Å². The van der Waals surface area contributed by atoms with Gasteiger partial charge >= 0.3 is 5.97 Å². The molecule has 0 aliphatic carbocycles. The van der Waals surface area contributed by atoms with Gasteiger partial charge in [-0.2, -0.15) is 5.10 Å². The third-order valence-electron chi connectivity index (χ3n) is 7.86. The van der Waals surface area contributed by atoms with Crippen molar-refractivity contribution in [2.45, 2.75) is 65.0 Å². The lowest BCUT2D eigenvalue weighted by Crippen LogP contribution is -2.43. The molecule has 1 amide bonds. The monoisotopic (exact) mass is 532 g/mol. The van der Waals surface area contributed by atoms with Gasteiger partial charge in [0.05, 0.1) is 11.1 Å². The molecular formula is C30H40N6O3. The molecule has 39 heavy (non-hydrogen) atoms. The van der Waals surface area contributed by atoms with Crippen LogP contribution < -0.4 is 10.6 Å². The summed E-state index contributed by atoms with van der Waals surface area (Å²) in [4.78, 5) is 32.3. The second kappa shape index (κ2) is 12.2. The van der Waals surface area contributed by atoms with Crippen molar-refractivity contribution in [3.63, 3.8) is 0 Å². The molecule has 0 bridgehead atoms. The Hall–Kier alpha value is -3.46. The number of nitrogens with one attached hydrogen (secondary N) is 2. The largest absolute Gasteiger partial charge is 0.480 e. The van der Waals surface area contributed by atoms with Crippen molar-refractivity contribution in [1.82, 2.24) is 25.0 Å². The molecule has 208 valence electrons. The molecule has 0 spiro atoms. The van der Waals surface area contributed by atoms with Crippen molar-refractivity contribution in [1.29, 1.82) is 0 Å². The summed E-state index contributed by atoms with van der Waals surface area (Å²) < 4.78 is 1.85. The van der Waals surface area contributed by atoms with Crippen LogP contribution in [0.5, 0.6) is 0 Å². The minimum absolute atomic E-state index is 0.369. The van der Waals surface area contributed by atoms with E-state index in [1.165, 1.54) is 12.0 Å². The summed E-state index contributed by atoms with van der Waals surface area (Å²) in [6.07, 6.45) is 7.66. The van der Waals surface area contributed by atoms with Crippen molar-refractivity contribution in [3.05, 3.63) is 53.3 Å². The zero-order valence-electron chi connectivity index (χ0n) is 23.0. The molecule has 3 N–H and O–H groups in total. The van der Waals surface area contributed by atoms with Gasteiger partial charge in [0.25, 0.3) is 5.91 Å². The van der Waals surface area contributed by atoms with Crippen molar-refractivity contribution in [2.24, 2.45) is 11.8 Å². The summed E-state index contributed by atoms with van der Waals surface area (Å²) in [5.74, 6) is 0.677. The van der Waals surface area contributed by atoms with Gasteiger partial charge in [-0.25, -0.2) is 9.78 Å². The third-order valence-corrected chi connectivity index (χ3v) is 7.86. The second-order valence-corrected chi connectivity index (χ2v) is 11.5. The number of aryl methyl sites for hydroxylation is 2. The molecule has 2 atom stereocenters. The Morgan fingerprint density at radius 3 is 2.92 bits per heavy atom. The normalized spacial score (nSPS) is 18.2. The van der Waals surface area contributed by atoms with Crippen molar-refractivity contribution < 1.29 is 14.7 Å². The van der Waals surface area contributed by atoms with E-state index in [-0.39, 0.29) is 5.91 Å². The topological polar surface area (TPSA) is 112 Å². The highest BCUT2D eigenvalue weighted by atomic mass is 16.4. The van der Waals surface area contributed by atoms with E-state index in [1.807, 2.05) is 16.9 Å². The molecule has 1 fully saturated rings. The van der Waals surface area contributed by atoms with E-state index in [9.17, 15) is 14.7 Å². The SMILES string of the molecule is CC(C)Cn1cc2c(C(=O)NC(CCN3CC[C@@H](CCc4ccc5c(n4)NCCC5)C3)C(=O)O)cccc2n1. The van der Waals surface area contributed by atoms with Gasteiger partial charge in [0.1, 0.15) is 11.9 Å². The summed E-state index contributed by atoms with van der Waals surface area (Å²) in [5.41, 5.74) is 3.65. The van der Waals surface area contributed by atoms with Crippen molar-refractivity contribution in [3.8, 4) is 0 Å². The van der Waals surface area contributed by atoms with Crippen LogP contribution in [0.4, 0.5) is 5.82 Å². The molecule has 9 heteroatoms. The van der Waals surface area contributed by atoms with Crippen LogP contribution in [0.2, 0.25) is 0 Å². The highest BCUT2D eigenvalue weighted by Gasteiger charge is 2.27. The van der Waals surface area contributed by atoms with Gasteiger partial charge in [-0.15, -0.1) is 0 Å². The number of nitrogens with zero attached hydrogens (tertiary/aromatic N) is 4.